The molecule has 2 aromatic rings. The van der Waals surface area contributed by atoms with E-state index >= 15 is 0 Å². The lowest BCUT2D eigenvalue weighted by molar-refractivity contribution is -0.114. The smallest absolute Gasteiger partial charge is 0.259 e. The van der Waals surface area contributed by atoms with Crippen molar-refractivity contribution in [2.45, 2.75) is 131 Å². The molecule has 0 radical (unpaired) electrons. The largest absolute Gasteiger partial charge is 0.307 e. The molecular formula is C40H58N2O2. The standard InChI is InChI=1S/C40H58N2O2/c1-11-15-17-27(13-3)25-41-33-23-29(39(5,6)7)19-21-31(33)35(37(41)43)36-32-22-20-30(40(8,9)10)24-34(32)42(38(36)44)26-28(14-4)18-16-12-2/h19-24,27-28H,11-18,25-26H2,1-10H3/b36-35+. The van der Waals surface area contributed by atoms with E-state index in [0.29, 0.717) is 36.1 Å². The van der Waals surface area contributed by atoms with Crippen LogP contribution in [0.2, 0.25) is 0 Å². The molecule has 4 rings (SSSR count). The van der Waals surface area contributed by atoms with Gasteiger partial charge in [0.15, 0.2) is 0 Å². The molecule has 2 atom stereocenters. The minimum Gasteiger partial charge on any atom is -0.307 e. The number of hydrogen-bond acceptors (Lipinski definition) is 2. The van der Waals surface area contributed by atoms with E-state index in [1.54, 1.807) is 0 Å². The Balaban J connectivity index is 1.92. The summed E-state index contributed by atoms with van der Waals surface area (Å²) in [6.45, 7) is 23.6. The van der Waals surface area contributed by atoms with Gasteiger partial charge in [0.1, 0.15) is 0 Å². The van der Waals surface area contributed by atoms with Crippen LogP contribution in [0.1, 0.15) is 143 Å². The summed E-state index contributed by atoms with van der Waals surface area (Å²) in [6.07, 6.45) is 8.92. The van der Waals surface area contributed by atoms with Gasteiger partial charge in [-0.1, -0.05) is 132 Å². The highest BCUT2D eigenvalue weighted by Gasteiger charge is 2.43. The Bertz CT molecular complexity index is 1280. The van der Waals surface area contributed by atoms with E-state index in [4.69, 9.17) is 0 Å². The van der Waals surface area contributed by atoms with Gasteiger partial charge in [0.05, 0.1) is 22.5 Å². The van der Waals surface area contributed by atoms with Gasteiger partial charge in [0.25, 0.3) is 11.8 Å². The topological polar surface area (TPSA) is 40.6 Å². The van der Waals surface area contributed by atoms with Crippen LogP contribution >= 0.6 is 0 Å². The first kappa shape index (κ1) is 34.0. The van der Waals surface area contributed by atoms with Gasteiger partial charge in [-0.05, 0) is 58.8 Å². The van der Waals surface area contributed by atoms with Crippen molar-refractivity contribution in [3.8, 4) is 0 Å². The first-order valence-electron chi connectivity index (χ1n) is 17.4. The van der Waals surface area contributed by atoms with Crippen LogP contribution < -0.4 is 9.80 Å². The van der Waals surface area contributed by atoms with Crippen LogP contribution in [0.4, 0.5) is 11.4 Å². The molecule has 0 fully saturated rings. The first-order valence-corrected chi connectivity index (χ1v) is 17.4. The van der Waals surface area contributed by atoms with Crippen molar-refractivity contribution in [1.29, 1.82) is 0 Å². The Morgan fingerprint density at radius 2 is 0.955 bits per heavy atom. The molecule has 0 N–H and O–H groups in total. The Hall–Kier alpha value is -2.88. The molecule has 2 amide bonds. The number of rotatable bonds is 12. The van der Waals surface area contributed by atoms with E-state index < -0.39 is 0 Å². The second-order valence-electron chi connectivity index (χ2n) is 15.4. The quantitative estimate of drug-likeness (QED) is 0.228. The molecule has 2 unspecified atom stereocenters. The maximum Gasteiger partial charge on any atom is 0.259 e. The van der Waals surface area contributed by atoms with Gasteiger partial charge in [-0.15, -0.1) is 0 Å². The van der Waals surface area contributed by atoms with Crippen molar-refractivity contribution >= 4 is 34.3 Å². The number of fused-ring (bicyclic) bond motifs is 2. The summed E-state index contributed by atoms with van der Waals surface area (Å²) in [5, 5.41) is 0. The number of benzene rings is 2. The van der Waals surface area contributed by atoms with Gasteiger partial charge in [-0.2, -0.15) is 0 Å². The fourth-order valence-electron chi connectivity index (χ4n) is 6.78. The van der Waals surface area contributed by atoms with Crippen molar-refractivity contribution < 1.29 is 9.59 Å². The fraction of sp³-hybridized carbons (Fsp3) is 0.600. The van der Waals surface area contributed by atoms with Crippen LogP contribution in [0.3, 0.4) is 0 Å². The summed E-state index contributed by atoms with van der Waals surface area (Å²) in [5.41, 5.74) is 7.24. The number of nitrogens with zero attached hydrogens (tertiary/aromatic N) is 2. The van der Waals surface area contributed by atoms with Crippen molar-refractivity contribution in [2.75, 3.05) is 22.9 Å². The molecule has 240 valence electrons. The van der Waals surface area contributed by atoms with Crippen LogP contribution in [0.25, 0.3) is 11.1 Å². The second kappa shape index (κ2) is 13.6. The van der Waals surface area contributed by atoms with E-state index in [-0.39, 0.29) is 22.6 Å². The zero-order chi connectivity index (χ0) is 32.4. The van der Waals surface area contributed by atoms with Gasteiger partial charge >= 0.3 is 0 Å². The molecule has 2 aliphatic rings. The zero-order valence-electron chi connectivity index (χ0n) is 29.4. The molecule has 0 spiro atoms. The highest BCUT2D eigenvalue weighted by Crippen LogP contribution is 2.49. The van der Waals surface area contributed by atoms with E-state index in [1.807, 2.05) is 9.80 Å². The molecule has 0 saturated heterocycles. The summed E-state index contributed by atoms with van der Waals surface area (Å²) in [4.78, 5) is 33.3. The first-order chi connectivity index (χ1) is 20.8. The lowest BCUT2D eigenvalue weighted by Crippen LogP contribution is -2.34. The predicted octanol–water partition coefficient (Wildman–Crippen LogP) is 10.3. The molecule has 0 saturated carbocycles. The third kappa shape index (κ3) is 6.85. The van der Waals surface area contributed by atoms with Gasteiger partial charge in [-0.25, -0.2) is 0 Å². The van der Waals surface area contributed by atoms with Crippen LogP contribution in [0.15, 0.2) is 36.4 Å². The third-order valence-electron chi connectivity index (χ3n) is 9.98. The number of carbonyl (C=O) groups is 2. The summed E-state index contributed by atoms with van der Waals surface area (Å²) in [7, 11) is 0. The summed E-state index contributed by atoms with van der Waals surface area (Å²) >= 11 is 0. The fourth-order valence-corrected chi connectivity index (χ4v) is 6.78. The number of hydrogen-bond donors (Lipinski definition) is 0. The van der Waals surface area contributed by atoms with Crippen LogP contribution in [0, 0.1) is 11.8 Å². The Morgan fingerprint density at radius 1 is 0.591 bits per heavy atom. The van der Waals surface area contributed by atoms with Gasteiger partial charge in [-0.3, -0.25) is 9.59 Å². The van der Waals surface area contributed by atoms with Crippen molar-refractivity contribution in [3.05, 3.63) is 58.7 Å². The van der Waals surface area contributed by atoms with Crippen LogP contribution in [-0.4, -0.2) is 24.9 Å². The maximum atomic E-state index is 14.6. The van der Waals surface area contributed by atoms with E-state index in [1.165, 1.54) is 11.1 Å². The van der Waals surface area contributed by atoms with Gasteiger partial charge in [0.2, 0.25) is 0 Å². The molecule has 0 bridgehead atoms. The number of amides is 2. The zero-order valence-corrected chi connectivity index (χ0v) is 29.4. The average molecular weight is 599 g/mol. The molecule has 0 aromatic heterocycles. The van der Waals surface area contributed by atoms with Crippen molar-refractivity contribution in [3.63, 3.8) is 0 Å². The van der Waals surface area contributed by atoms with Gasteiger partial charge < -0.3 is 9.80 Å². The van der Waals surface area contributed by atoms with Crippen molar-refractivity contribution in [1.82, 2.24) is 0 Å². The summed E-state index contributed by atoms with van der Waals surface area (Å²) in [6, 6.07) is 13.0. The highest BCUT2D eigenvalue weighted by molar-refractivity contribution is 6.49. The summed E-state index contributed by atoms with van der Waals surface area (Å²) in [5.74, 6) is 0.816. The highest BCUT2D eigenvalue weighted by atomic mass is 16.2. The van der Waals surface area contributed by atoms with Crippen LogP contribution in [-0.2, 0) is 20.4 Å². The molecule has 4 heteroatoms. The molecular weight excluding hydrogens is 540 g/mol. The summed E-state index contributed by atoms with van der Waals surface area (Å²) < 4.78 is 0. The Kier molecular flexibility index (Phi) is 10.5. The maximum absolute atomic E-state index is 14.6. The molecule has 2 aliphatic heterocycles. The number of unbranched alkanes of at least 4 members (excludes halogenated alkanes) is 2. The molecule has 2 aromatic carbocycles. The van der Waals surface area contributed by atoms with E-state index in [9.17, 15) is 9.59 Å². The lowest BCUT2D eigenvalue weighted by Gasteiger charge is -2.26. The third-order valence-corrected chi connectivity index (χ3v) is 9.98. The monoisotopic (exact) mass is 598 g/mol. The minimum absolute atomic E-state index is 0.0184. The Morgan fingerprint density at radius 3 is 1.25 bits per heavy atom. The average Bonchev–Trinajstić information content (AvgIpc) is 3.39. The van der Waals surface area contributed by atoms with Gasteiger partial charge in [0, 0.05) is 24.2 Å². The van der Waals surface area contributed by atoms with Crippen molar-refractivity contribution in [2.24, 2.45) is 11.8 Å². The second-order valence-corrected chi connectivity index (χ2v) is 15.4. The number of anilines is 2. The van der Waals surface area contributed by atoms with Crippen LogP contribution in [0.5, 0.6) is 0 Å². The SMILES string of the molecule is CCCCC(CC)CN1C(=O)/C(=C2/C(=O)N(CC(CC)CCCC)c3cc(C(C)(C)C)ccc32)c2ccc(C(C)(C)C)cc21. The van der Waals surface area contributed by atoms with E-state index in [2.05, 4.69) is 106 Å². The number of carbonyl (C=O) groups excluding carboxylic acids is 2. The molecule has 4 nitrogen and oxygen atoms in total. The lowest BCUT2D eigenvalue weighted by atomic mass is 9.84. The van der Waals surface area contributed by atoms with E-state index in [0.717, 1.165) is 73.9 Å². The normalized spacial score (nSPS) is 18.2. The minimum atomic E-state index is -0.0460. The molecule has 2 heterocycles. The molecule has 0 aliphatic carbocycles. The molecule has 44 heavy (non-hydrogen) atoms. The Labute approximate surface area is 268 Å². The predicted molar refractivity (Wildman–Crippen MR) is 188 cm³/mol.